The number of fused-ring (bicyclic) bond motifs is 1. The molecule has 1 heterocycles. The molecule has 2 aromatic carbocycles. The summed E-state index contributed by atoms with van der Waals surface area (Å²) in [7, 11) is 0. The van der Waals surface area contributed by atoms with Crippen molar-refractivity contribution in [3.05, 3.63) is 58.4 Å². The summed E-state index contributed by atoms with van der Waals surface area (Å²) in [4.78, 5) is 17.3. The molecule has 0 aliphatic heterocycles. The SMILES string of the molecule is Cc1cc(OCCCn2c(CCCNC(=O)C3CCCCC3)nc3ccccc32)cc(C)c1Cl. The second-order valence-electron chi connectivity index (χ2n) is 9.47. The molecule has 0 spiro atoms. The number of rotatable bonds is 10. The minimum Gasteiger partial charge on any atom is -0.494 e. The zero-order valence-electron chi connectivity index (χ0n) is 20.4. The average Bonchev–Trinajstić information content (AvgIpc) is 3.20. The highest BCUT2D eigenvalue weighted by Crippen LogP contribution is 2.26. The van der Waals surface area contributed by atoms with Crippen LogP contribution in [-0.4, -0.2) is 28.6 Å². The van der Waals surface area contributed by atoms with Crippen molar-refractivity contribution in [2.75, 3.05) is 13.2 Å². The van der Waals surface area contributed by atoms with E-state index in [1.165, 1.54) is 19.3 Å². The van der Waals surface area contributed by atoms with Crippen LogP contribution in [0.4, 0.5) is 0 Å². The Morgan fingerprint density at radius 2 is 1.85 bits per heavy atom. The first-order chi connectivity index (χ1) is 16.5. The third-order valence-corrected chi connectivity index (χ3v) is 7.39. The Kier molecular flexibility index (Phi) is 8.49. The van der Waals surface area contributed by atoms with Crippen molar-refractivity contribution in [1.82, 2.24) is 14.9 Å². The van der Waals surface area contributed by atoms with Gasteiger partial charge in [0.15, 0.2) is 0 Å². The number of hydrogen-bond donors (Lipinski definition) is 1. The molecule has 0 radical (unpaired) electrons. The highest BCUT2D eigenvalue weighted by molar-refractivity contribution is 6.32. The fourth-order valence-electron chi connectivity index (χ4n) is 4.94. The van der Waals surface area contributed by atoms with Crippen LogP contribution >= 0.6 is 11.6 Å². The Hall–Kier alpha value is -2.53. The van der Waals surface area contributed by atoms with E-state index in [2.05, 4.69) is 28.1 Å². The predicted octanol–water partition coefficient (Wildman–Crippen LogP) is 6.40. The van der Waals surface area contributed by atoms with Gasteiger partial charge < -0.3 is 14.6 Å². The van der Waals surface area contributed by atoms with Gasteiger partial charge in [0.1, 0.15) is 11.6 Å². The van der Waals surface area contributed by atoms with Crippen molar-refractivity contribution in [1.29, 1.82) is 0 Å². The lowest BCUT2D eigenvalue weighted by Crippen LogP contribution is -2.32. The van der Waals surface area contributed by atoms with Crippen LogP contribution in [-0.2, 0) is 17.8 Å². The first-order valence-corrected chi connectivity index (χ1v) is 13.0. The summed E-state index contributed by atoms with van der Waals surface area (Å²) >= 11 is 6.27. The topological polar surface area (TPSA) is 56.1 Å². The molecule has 4 rings (SSSR count). The number of para-hydroxylation sites is 2. The van der Waals surface area contributed by atoms with Gasteiger partial charge in [0, 0.05) is 30.5 Å². The summed E-state index contributed by atoms with van der Waals surface area (Å²) in [5.74, 6) is 2.39. The van der Waals surface area contributed by atoms with Crippen molar-refractivity contribution >= 4 is 28.5 Å². The van der Waals surface area contributed by atoms with E-state index in [-0.39, 0.29) is 11.8 Å². The molecule has 34 heavy (non-hydrogen) atoms. The zero-order valence-corrected chi connectivity index (χ0v) is 21.2. The predicted molar refractivity (Wildman–Crippen MR) is 139 cm³/mol. The lowest BCUT2D eigenvalue weighted by atomic mass is 9.89. The quantitative estimate of drug-likeness (QED) is 0.340. The van der Waals surface area contributed by atoms with Gasteiger partial charge in [0.2, 0.25) is 5.91 Å². The van der Waals surface area contributed by atoms with Gasteiger partial charge in [-0.25, -0.2) is 4.98 Å². The summed E-state index contributed by atoms with van der Waals surface area (Å²) in [6.45, 7) is 6.18. The molecule has 1 amide bonds. The number of hydrogen-bond acceptors (Lipinski definition) is 3. The molecular formula is C28H36ClN3O2. The number of carbonyl (C=O) groups excluding carboxylic acids is 1. The van der Waals surface area contributed by atoms with Gasteiger partial charge in [-0.05, 0) is 74.9 Å². The molecule has 3 aromatic rings. The third-order valence-electron chi connectivity index (χ3n) is 6.79. The molecule has 0 unspecified atom stereocenters. The largest absolute Gasteiger partial charge is 0.494 e. The van der Waals surface area contributed by atoms with Crippen LogP contribution in [0.1, 0.15) is 61.9 Å². The Morgan fingerprint density at radius 3 is 2.62 bits per heavy atom. The number of nitrogens with zero attached hydrogens (tertiary/aromatic N) is 2. The second-order valence-corrected chi connectivity index (χ2v) is 9.85. The van der Waals surface area contributed by atoms with E-state index in [0.29, 0.717) is 13.2 Å². The zero-order chi connectivity index (χ0) is 23.9. The first-order valence-electron chi connectivity index (χ1n) is 12.6. The van der Waals surface area contributed by atoms with E-state index < -0.39 is 0 Å². The summed E-state index contributed by atoms with van der Waals surface area (Å²) in [6, 6.07) is 12.3. The van der Waals surface area contributed by atoms with Crippen molar-refractivity contribution in [2.45, 2.75) is 71.8 Å². The van der Waals surface area contributed by atoms with E-state index in [1.54, 1.807) is 0 Å². The highest BCUT2D eigenvalue weighted by atomic mass is 35.5. The van der Waals surface area contributed by atoms with E-state index in [0.717, 1.165) is 77.4 Å². The molecule has 182 valence electrons. The van der Waals surface area contributed by atoms with Crippen LogP contribution in [0.25, 0.3) is 11.0 Å². The second kappa shape index (κ2) is 11.7. The van der Waals surface area contributed by atoms with Crippen LogP contribution in [0, 0.1) is 19.8 Å². The Labute approximate surface area is 207 Å². The minimum atomic E-state index is 0.214. The molecule has 0 atom stereocenters. The van der Waals surface area contributed by atoms with Gasteiger partial charge in [-0.15, -0.1) is 0 Å². The molecule has 1 aromatic heterocycles. The van der Waals surface area contributed by atoms with Gasteiger partial charge in [0.25, 0.3) is 0 Å². The van der Waals surface area contributed by atoms with Gasteiger partial charge in [0.05, 0.1) is 17.6 Å². The third kappa shape index (κ3) is 6.12. The maximum absolute atomic E-state index is 12.4. The summed E-state index contributed by atoms with van der Waals surface area (Å²) in [5, 5.41) is 3.96. The standard InChI is InChI=1S/C28H36ClN3O2/c1-20-18-23(19-21(2)27(20)29)34-17-9-16-32-25-13-7-6-12-24(25)31-26(32)14-8-15-30-28(33)22-10-4-3-5-11-22/h6-7,12-13,18-19,22H,3-5,8-11,14-17H2,1-2H3,(H,30,33). The number of imidazole rings is 1. The van der Waals surface area contributed by atoms with Gasteiger partial charge in [-0.2, -0.15) is 0 Å². The molecule has 6 heteroatoms. The molecule has 1 fully saturated rings. The molecule has 0 saturated heterocycles. The fraction of sp³-hybridized carbons (Fsp3) is 0.500. The highest BCUT2D eigenvalue weighted by Gasteiger charge is 2.20. The monoisotopic (exact) mass is 481 g/mol. The number of aryl methyl sites for hydroxylation is 4. The van der Waals surface area contributed by atoms with Gasteiger partial charge in [-0.1, -0.05) is 43.0 Å². The van der Waals surface area contributed by atoms with Gasteiger partial charge >= 0.3 is 0 Å². The minimum absolute atomic E-state index is 0.214. The Balaban J connectivity index is 1.31. The smallest absolute Gasteiger partial charge is 0.223 e. The molecule has 1 aliphatic rings. The normalized spacial score (nSPS) is 14.4. The van der Waals surface area contributed by atoms with Crippen molar-refractivity contribution in [3.63, 3.8) is 0 Å². The van der Waals surface area contributed by atoms with Crippen LogP contribution in [0.2, 0.25) is 5.02 Å². The van der Waals surface area contributed by atoms with Crippen LogP contribution in [0.5, 0.6) is 5.75 Å². The van der Waals surface area contributed by atoms with Crippen molar-refractivity contribution in [2.24, 2.45) is 5.92 Å². The van der Waals surface area contributed by atoms with Crippen LogP contribution in [0.3, 0.4) is 0 Å². The van der Waals surface area contributed by atoms with E-state index in [9.17, 15) is 4.79 Å². The number of benzene rings is 2. The molecule has 1 aliphatic carbocycles. The van der Waals surface area contributed by atoms with Crippen molar-refractivity contribution < 1.29 is 9.53 Å². The van der Waals surface area contributed by atoms with Gasteiger partial charge in [-0.3, -0.25) is 4.79 Å². The first kappa shape index (κ1) is 24.6. The number of aromatic nitrogens is 2. The van der Waals surface area contributed by atoms with Crippen LogP contribution in [0.15, 0.2) is 36.4 Å². The number of halogens is 1. The van der Waals surface area contributed by atoms with E-state index >= 15 is 0 Å². The Bertz CT molecular complexity index is 1100. The molecule has 5 nitrogen and oxygen atoms in total. The Morgan fingerprint density at radius 1 is 1.12 bits per heavy atom. The molecule has 1 saturated carbocycles. The van der Waals surface area contributed by atoms with E-state index in [1.807, 2.05) is 32.0 Å². The lowest BCUT2D eigenvalue weighted by molar-refractivity contribution is -0.125. The van der Waals surface area contributed by atoms with Crippen molar-refractivity contribution in [3.8, 4) is 5.75 Å². The number of nitrogens with one attached hydrogen (secondary N) is 1. The molecular weight excluding hydrogens is 446 g/mol. The van der Waals surface area contributed by atoms with E-state index in [4.69, 9.17) is 21.3 Å². The maximum atomic E-state index is 12.4. The number of amides is 1. The maximum Gasteiger partial charge on any atom is 0.223 e. The van der Waals surface area contributed by atoms with Crippen LogP contribution < -0.4 is 10.1 Å². The number of carbonyl (C=O) groups is 1. The molecule has 0 bridgehead atoms. The fourth-order valence-corrected chi connectivity index (χ4v) is 5.04. The summed E-state index contributed by atoms with van der Waals surface area (Å²) in [5.41, 5.74) is 4.25. The molecule has 1 N–H and O–H groups in total. The number of ether oxygens (including phenoxy) is 1. The lowest BCUT2D eigenvalue weighted by Gasteiger charge is -2.20. The summed E-state index contributed by atoms with van der Waals surface area (Å²) < 4.78 is 8.32. The average molecular weight is 482 g/mol. The summed E-state index contributed by atoms with van der Waals surface area (Å²) in [6.07, 6.45) is 8.33.